The molecule has 1 aliphatic rings. The van der Waals surface area contributed by atoms with Gasteiger partial charge < -0.3 is 4.57 Å². The Morgan fingerprint density at radius 1 is 1.29 bits per heavy atom. The summed E-state index contributed by atoms with van der Waals surface area (Å²) >= 11 is 0. The molecule has 8 nitrogen and oxygen atoms in total. The summed E-state index contributed by atoms with van der Waals surface area (Å²) in [5.74, 6) is 0.550. The maximum absolute atomic E-state index is 12.6. The molecule has 3 rings (SSSR count). The summed E-state index contributed by atoms with van der Waals surface area (Å²) in [6.45, 7) is 2.38. The lowest BCUT2D eigenvalue weighted by molar-refractivity contribution is 0.352. The predicted octanol–water partition coefficient (Wildman–Crippen LogP) is 1.13. The van der Waals surface area contributed by atoms with E-state index in [9.17, 15) is 8.42 Å². The van der Waals surface area contributed by atoms with E-state index in [1.165, 1.54) is 8.61 Å². The van der Waals surface area contributed by atoms with Gasteiger partial charge in [0.15, 0.2) is 0 Å². The number of aryl methyl sites for hydroxylation is 2. The van der Waals surface area contributed by atoms with Crippen LogP contribution in [0.1, 0.15) is 30.4 Å². The molecule has 9 heteroatoms. The van der Waals surface area contributed by atoms with Gasteiger partial charge >= 0.3 is 0 Å². The van der Waals surface area contributed by atoms with Crippen molar-refractivity contribution in [3.05, 3.63) is 30.1 Å². The number of aromatic nitrogens is 4. The second-order valence-electron chi connectivity index (χ2n) is 6.20. The fourth-order valence-corrected chi connectivity index (χ4v) is 4.26. The molecule has 0 bridgehead atoms. The van der Waals surface area contributed by atoms with Crippen molar-refractivity contribution in [1.82, 2.24) is 28.1 Å². The Morgan fingerprint density at radius 3 is 2.67 bits per heavy atom. The summed E-state index contributed by atoms with van der Waals surface area (Å²) in [7, 11) is 1.50. The first-order valence-corrected chi connectivity index (χ1v) is 9.22. The molecule has 0 saturated carbocycles. The van der Waals surface area contributed by atoms with E-state index in [0.717, 1.165) is 29.9 Å². The van der Waals surface area contributed by atoms with Crippen LogP contribution in [0.15, 0.2) is 18.6 Å². The van der Waals surface area contributed by atoms with Crippen LogP contribution in [0, 0.1) is 6.92 Å². The van der Waals surface area contributed by atoms with Crippen LogP contribution >= 0.6 is 0 Å². The average molecular weight is 350 g/mol. The van der Waals surface area contributed by atoms with E-state index in [1.54, 1.807) is 26.6 Å². The standard InChI is InChI=1S/C15H22N6O2S/c1-11-8-12(14-9-16-10-20(14)4)18-15(17-11)13-6-5-7-21(13)24(22,23)19(2)3/h8-10,13H,5-7H2,1-4H3/t13-/m0/s1. The van der Waals surface area contributed by atoms with Gasteiger partial charge in [0.05, 0.1) is 30.0 Å². The molecule has 0 aromatic carbocycles. The zero-order chi connectivity index (χ0) is 17.5. The Kier molecular flexibility index (Phi) is 4.41. The molecule has 0 aliphatic carbocycles. The Labute approximate surface area is 142 Å². The molecule has 1 atom stereocenters. The van der Waals surface area contributed by atoms with Crippen molar-refractivity contribution in [3.63, 3.8) is 0 Å². The van der Waals surface area contributed by atoms with Gasteiger partial charge in [0, 0.05) is 33.4 Å². The normalized spacial score (nSPS) is 19.3. The lowest BCUT2D eigenvalue weighted by Gasteiger charge is -2.26. The SMILES string of the molecule is Cc1cc(-c2cncn2C)nc([C@@H]2CCCN2S(=O)(=O)N(C)C)n1. The van der Waals surface area contributed by atoms with Crippen LogP contribution in [0.25, 0.3) is 11.4 Å². The minimum atomic E-state index is -3.49. The summed E-state index contributed by atoms with van der Waals surface area (Å²) in [5, 5.41) is 0. The molecule has 2 aromatic heterocycles. The van der Waals surface area contributed by atoms with E-state index >= 15 is 0 Å². The monoisotopic (exact) mass is 350 g/mol. The third-order valence-corrected chi connectivity index (χ3v) is 6.16. The van der Waals surface area contributed by atoms with Crippen molar-refractivity contribution >= 4 is 10.2 Å². The molecule has 0 N–H and O–H groups in total. The molecular weight excluding hydrogens is 328 g/mol. The molecule has 1 fully saturated rings. The Hall–Kier alpha value is -1.84. The molecule has 0 radical (unpaired) electrons. The Morgan fingerprint density at radius 2 is 2.04 bits per heavy atom. The highest BCUT2D eigenvalue weighted by Gasteiger charge is 2.38. The number of imidazole rings is 1. The van der Waals surface area contributed by atoms with Gasteiger partial charge in [-0.2, -0.15) is 17.0 Å². The maximum atomic E-state index is 12.6. The largest absolute Gasteiger partial charge is 0.332 e. The second-order valence-corrected chi connectivity index (χ2v) is 8.30. The first kappa shape index (κ1) is 17.0. The second kappa shape index (κ2) is 6.23. The van der Waals surface area contributed by atoms with E-state index in [-0.39, 0.29) is 6.04 Å². The molecule has 24 heavy (non-hydrogen) atoms. The first-order chi connectivity index (χ1) is 11.3. The lowest BCUT2D eigenvalue weighted by Crippen LogP contribution is -2.40. The summed E-state index contributed by atoms with van der Waals surface area (Å²) in [5.41, 5.74) is 2.44. The zero-order valence-corrected chi connectivity index (χ0v) is 15.2. The minimum Gasteiger partial charge on any atom is -0.332 e. The molecule has 0 spiro atoms. The van der Waals surface area contributed by atoms with Crippen molar-refractivity contribution in [2.24, 2.45) is 7.05 Å². The highest BCUT2D eigenvalue weighted by molar-refractivity contribution is 7.86. The molecule has 3 heterocycles. The maximum Gasteiger partial charge on any atom is 0.282 e. The van der Waals surface area contributed by atoms with Crippen molar-refractivity contribution < 1.29 is 8.42 Å². The van der Waals surface area contributed by atoms with Crippen LogP contribution in [0.4, 0.5) is 0 Å². The summed E-state index contributed by atoms with van der Waals surface area (Å²) < 4.78 is 29.7. The number of hydrogen-bond donors (Lipinski definition) is 0. The summed E-state index contributed by atoms with van der Waals surface area (Å²) in [6, 6.07) is 1.56. The van der Waals surface area contributed by atoms with Crippen LogP contribution in [0.2, 0.25) is 0 Å². The molecule has 1 saturated heterocycles. The van der Waals surface area contributed by atoms with E-state index in [0.29, 0.717) is 12.4 Å². The van der Waals surface area contributed by atoms with Gasteiger partial charge in [0.2, 0.25) is 0 Å². The van der Waals surface area contributed by atoms with Gasteiger partial charge in [-0.05, 0) is 25.8 Å². The van der Waals surface area contributed by atoms with Crippen LogP contribution in [-0.4, -0.2) is 57.2 Å². The molecule has 130 valence electrons. The Bertz CT molecular complexity index is 845. The molecule has 2 aromatic rings. The third kappa shape index (κ3) is 2.94. The van der Waals surface area contributed by atoms with Crippen molar-refractivity contribution in [2.45, 2.75) is 25.8 Å². The van der Waals surface area contributed by atoms with Gasteiger partial charge in [-0.1, -0.05) is 0 Å². The van der Waals surface area contributed by atoms with Crippen molar-refractivity contribution in [2.75, 3.05) is 20.6 Å². The number of nitrogens with zero attached hydrogens (tertiary/aromatic N) is 6. The third-order valence-electron chi connectivity index (χ3n) is 4.21. The Balaban J connectivity index is 2.03. The smallest absolute Gasteiger partial charge is 0.282 e. The fraction of sp³-hybridized carbons (Fsp3) is 0.533. The van der Waals surface area contributed by atoms with Crippen molar-refractivity contribution in [1.29, 1.82) is 0 Å². The first-order valence-electron chi connectivity index (χ1n) is 7.82. The van der Waals surface area contributed by atoms with Gasteiger partial charge in [-0.15, -0.1) is 0 Å². The molecule has 0 unspecified atom stereocenters. The zero-order valence-electron chi connectivity index (χ0n) is 14.3. The van der Waals surface area contributed by atoms with Gasteiger partial charge in [-0.3, -0.25) is 0 Å². The lowest BCUT2D eigenvalue weighted by atomic mass is 10.2. The highest BCUT2D eigenvalue weighted by Crippen LogP contribution is 2.34. The van der Waals surface area contributed by atoms with Crippen LogP contribution in [-0.2, 0) is 17.3 Å². The van der Waals surface area contributed by atoms with E-state index in [4.69, 9.17) is 0 Å². The van der Waals surface area contributed by atoms with Crippen LogP contribution in [0.5, 0.6) is 0 Å². The predicted molar refractivity (Wildman–Crippen MR) is 90.3 cm³/mol. The molecule has 0 amide bonds. The minimum absolute atomic E-state index is 0.329. The van der Waals surface area contributed by atoms with Gasteiger partial charge in [0.1, 0.15) is 5.82 Å². The van der Waals surface area contributed by atoms with Crippen LogP contribution < -0.4 is 0 Å². The highest BCUT2D eigenvalue weighted by atomic mass is 32.2. The quantitative estimate of drug-likeness (QED) is 0.825. The average Bonchev–Trinajstić information content (AvgIpc) is 3.15. The van der Waals surface area contributed by atoms with E-state index < -0.39 is 10.2 Å². The number of hydrogen-bond acceptors (Lipinski definition) is 5. The van der Waals surface area contributed by atoms with Gasteiger partial charge in [-0.25, -0.2) is 15.0 Å². The topological polar surface area (TPSA) is 84.2 Å². The van der Waals surface area contributed by atoms with Crippen LogP contribution in [0.3, 0.4) is 0 Å². The number of rotatable bonds is 4. The fourth-order valence-electron chi connectivity index (χ4n) is 2.96. The van der Waals surface area contributed by atoms with Gasteiger partial charge in [0.25, 0.3) is 10.2 Å². The van der Waals surface area contributed by atoms with E-state index in [1.807, 2.05) is 24.6 Å². The molecule has 1 aliphatic heterocycles. The molecular formula is C15H22N6O2S. The van der Waals surface area contributed by atoms with E-state index in [2.05, 4.69) is 15.0 Å². The van der Waals surface area contributed by atoms with Crippen molar-refractivity contribution in [3.8, 4) is 11.4 Å². The summed E-state index contributed by atoms with van der Waals surface area (Å²) in [4.78, 5) is 13.3. The summed E-state index contributed by atoms with van der Waals surface area (Å²) in [6.07, 6.45) is 4.98.